The fourth-order valence-corrected chi connectivity index (χ4v) is 3.98. The normalized spacial score (nSPS) is 12.2. The molecule has 0 saturated carbocycles. The zero-order valence-electron chi connectivity index (χ0n) is 18.9. The summed E-state index contributed by atoms with van der Waals surface area (Å²) >= 11 is 0. The molecule has 0 heterocycles. The van der Waals surface area contributed by atoms with Crippen LogP contribution in [-0.4, -0.2) is 51.3 Å². The van der Waals surface area contributed by atoms with Gasteiger partial charge in [0.15, 0.2) is 0 Å². The predicted molar refractivity (Wildman–Crippen MR) is 125 cm³/mol. The first-order chi connectivity index (χ1) is 15.7. The molecule has 0 aromatic heterocycles. The van der Waals surface area contributed by atoms with Crippen LogP contribution in [0.5, 0.6) is 0 Å². The van der Waals surface area contributed by atoms with Crippen molar-refractivity contribution in [3.63, 3.8) is 0 Å². The van der Waals surface area contributed by atoms with Gasteiger partial charge in [-0.05, 0) is 49.6 Å². The third-order valence-corrected chi connectivity index (χ3v) is 5.97. The summed E-state index contributed by atoms with van der Waals surface area (Å²) in [5, 5.41) is 0.893. The largest absolute Gasteiger partial charge is 0.465 e. The lowest BCUT2D eigenvalue weighted by atomic mass is 9.96. The van der Waals surface area contributed by atoms with Gasteiger partial charge in [0.1, 0.15) is 5.92 Å². The minimum Gasteiger partial charge on any atom is -0.465 e. The Bertz CT molecular complexity index is 1090. The molecule has 0 saturated heterocycles. The van der Waals surface area contributed by atoms with Gasteiger partial charge in [-0.1, -0.05) is 42.5 Å². The molecule has 1 N–H and O–H groups in total. The quantitative estimate of drug-likeness (QED) is 0.421. The highest BCUT2D eigenvalue weighted by atomic mass is 32.2. The second-order valence-electron chi connectivity index (χ2n) is 7.18. The van der Waals surface area contributed by atoms with Crippen molar-refractivity contribution in [2.24, 2.45) is 5.92 Å². The molecule has 2 rings (SSSR count). The number of sulfonamides is 1. The predicted octanol–water partition coefficient (Wildman–Crippen LogP) is 2.62. The molecule has 8 nitrogen and oxygen atoms in total. The van der Waals surface area contributed by atoms with Crippen molar-refractivity contribution in [3.05, 3.63) is 76.7 Å². The Morgan fingerprint density at radius 2 is 1.61 bits per heavy atom. The van der Waals surface area contributed by atoms with Crippen LogP contribution >= 0.6 is 0 Å². The number of benzene rings is 2. The smallest absolute Gasteiger partial charge is 0.337 e. The first-order valence-electron chi connectivity index (χ1n) is 10.5. The molecular formula is C24H28N2O6S. The molecule has 0 bridgehead atoms. The maximum atomic E-state index is 13.0. The van der Waals surface area contributed by atoms with Gasteiger partial charge in [0.05, 0.1) is 18.1 Å². The molecule has 0 radical (unpaired) electrons. The Hall–Kier alpha value is -3.46. The second-order valence-corrected chi connectivity index (χ2v) is 8.75. The summed E-state index contributed by atoms with van der Waals surface area (Å²) in [5.74, 6) is -3.15. The lowest BCUT2D eigenvalue weighted by Crippen LogP contribution is -2.45. The number of carbonyl (C=O) groups is 3. The summed E-state index contributed by atoms with van der Waals surface area (Å²) in [4.78, 5) is 39.0. The number of nitrogens with one attached hydrogen (secondary N) is 1. The van der Waals surface area contributed by atoms with Crippen molar-refractivity contribution in [2.75, 3.05) is 20.2 Å². The van der Waals surface area contributed by atoms with Crippen LogP contribution in [0.3, 0.4) is 0 Å². The van der Waals surface area contributed by atoms with Crippen molar-refractivity contribution >= 4 is 33.9 Å². The molecule has 2 amide bonds. The third kappa shape index (κ3) is 7.57. The summed E-state index contributed by atoms with van der Waals surface area (Å²) in [6.07, 6.45) is 1.34. The van der Waals surface area contributed by atoms with Gasteiger partial charge < -0.3 is 9.64 Å². The van der Waals surface area contributed by atoms with Crippen molar-refractivity contribution in [1.82, 2.24) is 9.62 Å². The number of rotatable bonds is 10. The number of methoxy groups -OCH3 is 1. The molecule has 0 aliphatic heterocycles. The van der Waals surface area contributed by atoms with Crippen LogP contribution in [0.15, 0.2) is 60.0 Å². The molecule has 1 atom stereocenters. The van der Waals surface area contributed by atoms with E-state index < -0.39 is 33.7 Å². The average molecular weight is 473 g/mol. The summed E-state index contributed by atoms with van der Waals surface area (Å²) < 4.78 is 31.6. The van der Waals surface area contributed by atoms with Crippen LogP contribution in [-0.2, 0) is 30.8 Å². The Morgan fingerprint density at radius 1 is 1.00 bits per heavy atom. The molecule has 33 heavy (non-hydrogen) atoms. The van der Waals surface area contributed by atoms with Crippen molar-refractivity contribution in [3.8, 4) is 0 Å². The molecule has 0 spiro atoms. The maximum absolute atomic E-state index is 13.0. The average Bonchev–Trinajstić information content (AvgIpc) is 2.82. The van der Waals surface area contributed by atoms with E-state index in [4.69, 9.17) is 0 Å². The first kappa shape index (κ1) is 25.8. The van der Waals surface area contributed by atoms with Gasteiger partial charge in [0, 0.05) is 13.1 Å². The Morgan fingerprint density at radius 3 is 2.15 bits per heavy atom. The SMILES string of the molecule is CCN(CC)C(=O)C(Cc1ccc(C(=O)OC)cc1)C(=O)NS(=O)(=O)/C=C/c1ccccc1. The Balaban J connectivity index is 2.25. The Labute approximate surface area is 194 Å². The third-order valence-electron chi connectivity index (χ3n) is 4.99. The number of nitrogens with zero attached hydrogens (tertiary/aromatic N) is 1. The first-order valence-corrected chi connectivity index (χ1v) is 12.0. The number of esters is 1. The molecule has 9 heteroatoms. The van der Waals surface area contributed by atoms with Gasteiger partial charge in [0.2, 0.25) is 11.8 Å². The van der Waals surface area contributed by atoms with Crippen molar-refractivity contribution in [1.29, 1.82) is 0 Å². The van der Waals surface area contributed by atoms with E-state index in [0.29, 0.717) is 29.8 Å². The van der Waals surface area contributed by atoms with Crippen molar-refractivity contribution in [2.45, 2.75) is 20.3 Å². The van der Waals surface area contributed by atoms with Gasteiger partial charge in [-0.3, -0.25) is 9.59 Å². The molecule has 1 unspecified atom stereocenters. The maximum Gasteiger partial charge on any atom is 0.337 e. The minimum absolute atomic E-state index is 0.0272. The fraction of sp³-hybridized carbons (Fsp3) is 0.292. The van der Waals surface area contributed by atoms with E-state index in [9.17, 15) is 22.8 Å². The van der Waals surface area contributed by atoms with E-state index >= 15 is 0 Å². The molecule has 0 aliphatic carbocycles. The monoisotopic (exact) mass is 472 g/mol. The highest BCUT2D eigenvalue weighted by Gasteiger charge is 2.32. The van der Waals surface area contributed by atoms with Crippen LogP contribution in [0, 0.1) is 5.92 Å². The molecule has 176 valence electrons. The van der Waals surface area contributed by atoms with E-state index in [0.717, 1.165) is 5.41 Å². The molecular weight excluding hydrogens is 444 g/mol. The van der Waals surface area contributed by atoms with E-state index in [2.05, 4.69) is 4.74 Å². The van der Waals surface area contributed by atoms with Gasteiger partial charge in [-0.2, -0.15) is 0 Å². The van der Waals surface area contributed by atoms with E-state index in [1.165, 1.54) is 30.2 Å². The lowest BCUT2D eigenvalue weighted by Gasteiger charge is -2.24. The standard InChI is InChI=1S/C24H28N2O6S/c1-4-26(5-2)23(28)21(17-19-11-13-20(14-12-19)24(29)32-3)22(27)25-33(30,31)16-15-18-9-7-6-8-10-18/h6-16,21H,4-5,17H2,1-3H3,(H,25,27)/b16-15+. The highest BCUT2D eigenvalue weighted by Crippen LogP contribution is 2.15. The molecule has 0 fully saturated rings. The van der Waals surface area contributed by atoms with Crippen LogP contribution < -0.4 is 4.72 Å². The summed E-state index contributed by atoms with van der Waals surface area (Å²) in [6.45, 7) is 4.31. The minimum atomic E-state index is -4.12. The van der Waals surface area contributed by atoms with Gasteiger partial charge >= 0.3 is 5.97 Å². The Kier molecular flexibility index (Phi) is 9.35. The number of ether oxygens (including phenoxy) is 1. The summed E-state index contributed by atoms with van der Waals surface area (Å²) in [5.41, 5.74) is 1.57. The fourth-order valence-electron chi connectivity index (χ4n) is 3.16. The molecule has 2 aromatic rings. The summed E-state index contributed by atoms with van der Waals surface area (Å²) in [7, 11) is -2.85. The topological polar surface area (TPSA) is 110 Å². The van der Waals surface area contributed by atoms with Crippen LogP contribution in [0.4, 0.5) is 0 Å². The van der Waals surface area contributed by atoms with Crippen LogP contribution in [0.25, 0.3) is 6.08 Å². The number of hydrogen-bond acceptors (Lipinski definition) is 6. The van der Waals surface area contributed by atoms with E-state index in [-0.39, 0.29) is 6.42 Å². The summed E-state index contributed by atoms with van der Waals surface area (Å²) in [6, 6.07) is 15.0. The highest BCUT2D eigenvalue weighted by molar-refractivity contribution is 7.93. The van der Waals surface area contributed by atoms with E-state index in [1.807, 2.05) is 4.72 Å². The van der Waals surface area contributed by atoms with Gasteiger partial charge in [0.25, 0.3) is 10.0 Å². The zero-order valence-corrected chi connectivity index (χ0v) is 19.7. The number of hydrogen-bond donors (Lipinski definition) is 1. The number of carbonyl (C=O) groups excluding carboxylic acids is 3. The molecule has 2 aromatic carbocycles. The lowest BCUT2D eigenvalue weighted by molar-refractivity contribution is -0.141. The van der Waals surface area contributed by atoms with Crippen molar-refractivity contribution < 1.29 is 27.5 Å². The number of amides is 2. The second kappa shape index (κ2) is 12.0. The molecule has 0 aliphatic rings. The van der Waals surface area contributed by atoms with Gasteiger partial charge in [-0.25, -0.2) is 17.9 Å². The van der Waals surface area contributed by atoms with E-state index in [1.54, 1.807) is 56.3 Å². The van der Waals surface area contributed by atoms with Crippen LogP contribution in [0.1, 0.15) is 35.3 Å². The zero-order chi connectivity index (χ0) is 24.4. The van der Waals surface area contributed by atoms with Gasteiger partial charge in [-0.15, -0.1) is 0 Å². The van der Waals surface area contributed by atoms with Crippen LogP contribution in [0.2, 0.25) is 0 Å².